The van der Waals surface area contributed by atoms with E-state index in [1.807, 2.05) is 5.92 Å². The number of aldehydes is 1. The van der Waals surface area contributed by atoms with Gasteiger partial charge in [-0.05, 0) is 24.1 Å². The first-order chi connectivity index (χ1) is 6.95. The molecule has 1 aromatic rings. The van der Waals surface area contributed by atoms with Crippen LogP contribution in [-0.2, 0) is 11.0 Å². The number of benzene rings is 1. The molecule has 0 saturated carbocycles. The zero-order valence-corrected chi connectivity index (χ0v) is 7.43. The Morgan fingerprint density at radius 3 is 2.53 bits per heavy atom. The minimum atomic E-state index is -4.50. The summed E-state index contributed by atoms with van der Waals surface area (Å²) in [6.45, 7) is 0. The van der Waals surface area contributed by atoms with Gasteiger partial charge in [-0.1, -0.05) is 5.92 Å². The molecule has 0 radical (unpaired) electrons. The predicted octanol–water partition coefficient (Wildman–Crippen LogP) is 1.84. The smallest absolute Gasteiger partial charge is 0.399 e. The lowest BCUT2D eigenvalue weighted by Crippen LogP contribution is -2.08. The highest BCUT2D eigenvalue weighted by atomic mass is 19.4. The van der Waals surface area contributed by atoms with Crippen LogP contribution in [-0.4, -0.2) is 6.29 Å². The van der Waals surface area contributed by atoms with Crippen LogP contribution in [0, 0.1) is 11.8 Å². The Morgan fingerprint density at radius 2 is 2.00 bits per heavy atom. The number of nitrogens with two attached hydrogens (primary N) is 1. The van der Waals surface area contributed by atoms with E-state index in [0.717, 1.165) is 18.2 Å². The van der Waals surface area contributed by atoms with Gasteiger partial charge in [0.05, 0.1) is 5.56 Å². The van der Waals surface area contributed by atoms with Crippen LogP contribution in [0.2, 0.25) is 0 Å². The molecule has 78 valence electrons. The largest absolute Gasteiger partial charge is 0.417 e. The fraction of sp³-hybridized carbons (Fsp3) is 0.100. The number of alkyl halides is 3. The predicted molar refractivity (Wildman–Crippen MR) is 48.8 cm³/mol. The minimum absolute atomic E-state index is 0.165. The van der Waals surface area contributed by atoms with E-state index in [1.54, 1.807) is 0 Å². The highest BCUT2D eigenvalue weighted by Gasteiger charge is 2.32. The number of carbonyl (C=O) groups excluding carboxylic acids is 1. The normalized spacial score (nSPS) is 10.3. The Bertz CT molecular complexity index is 440. The van der Waals surface area contributed by atoms with E-state index in [2.05, 4.69) is 5.92 Å². The van der Waals surface area contributed by atoms with Crippen molar-refractivity contribution >= 4 is 12.0 Å². The molecule has 5 heteroatoms. The van der Waals surface area contributed by atoms with E-state index in [0.29, 0.717) is 0 Å². The highest BCUT2D eigenvalue weighted by Crippen LogP contribution is 2.32. The monoisotopic (exact) mass is 213 g/mol. The second-order valence-electron chi connectivity index (χ2n) is 2.69. The molecule has 1 rings (SSSR count). The molecule has 0 aliphatic heterocycles. The summed E-state index contributed by atoms with van der Waals surface area (Å²) in [7, 11) is 0. The molecule has 0 aliphatic rings. The molecule has 0 amide bonds. The fourth-order valence-electron chi connectivity index (χ4n) is 1.02. The zero-order valence-electron chi connectivity index (χ0n) is 7.43. The van der Waals surface area contributed by atoms with Crippen molar-refractivity contribution in [1.82, 2.24) is 0 Å². The molecule has 1 aromatic carbocycles. The molecule has 0 aliphatic carbocycles. The van der Waals surface area contributed by atoms with E-state index >= 15 is 0 Å². The van der Waals surface area contributed by atoms with Gasteiger partial charge in [-0.2, -0.15) is 13.2 Å². The van der Waals surface area contributed by atoms with Gasteiger partial charge in [-0.3, -0.25) is 4.79 Å². The third-order valence-electron chi connectivity index (χ3n) is 1.61. The molecular formula is C10H6F3NO. The second-order valence-corrected chi connectivity index (χ2v) is 2.69. The molecule has 2 nitrogen and oxygen atoms in total. The van der Waals surface area contributed by atoms with Crippen molar-refractivity contribution in [3.05, 3.63) is 29.3 Å². The summed E-state index contributed by atoms with van der Waals surface area (Å²) in [5, 5.41) is 0. The lowest BCUT2D eigenvalue weighted by atomic mass is 10.1. The quantitative estimate of drug-likeness (QED) is 0.406. The molecule has 2 N–H and O–H groups in total. The number of carbonyl (C=O) groups is 1. The molecule has 15 heavy (non-hydrogen) atoms. The van der Waals surface area contributed by atoms with Crippen LogP contribution < -0.4 is 5.73 Å². The summed E-state index contributed by atoms with van der Waals surface area (Å²) in [5.74, 6) is 4.01. The maximum Gasteiger partial charge on any atom is 0.417 e. The van der Waals surface area contributed by atoms with E-state index in [1.165, 1.54) is 0 Å². The molecule has 0 heterocycles. The third-order valence-corrected chi connectivity index (χ3v) is 1.61. The van der Waals surface area contributed by atoms with E-state index in [9.17, 15) is 18.0 Å². The topological polar surface area (TPSA) is 43.1 Å². The van der Waals surface area contributed by atoms with Crippen LogP contribution in [0.4, 0.5) is 18.9 Å². The van der Waals surface area contributed by atoms with Crippen LogP contribution in [0.25, 0.3) is 0 Å². The number of halogens is 3. The van der Waals surface area contributed by atoms with Crippen molar-refractivity contribution in [3.63, 3.8) is 0 Å². The van der Waals surface area contributed by atoms with Crippen LogP contribution in [0.5, 0.6) is 0 Å². The van der Waals surface area contributed by atoms with Crippen LogP contribution in [0.1, 0.15) is 11.1 Å². The van der Waals surface area contributed by atoms with Crippen molar-refractivity contribution in [2.24, 2.45) is 0 Å². The summed E-state index contributed by atoms with van der Waals surface area (Å²) in [6, 6.07) is 3.05. The summed E-state index contributed by atoms with van der Waals surface area (Å²) in [4.78, 5) is 9.94. The van der Waals surface area contributed by atoms with Gasteiger partial charge in [0.15, 0.2) is 6.29 Å². The molecule has 0 aromatic heterocycles. The Morgan fingerprint density at radius 1 is 1.33 bits per heavy atom. The summed E-state index contributed by atoms with van der Waals surface area (Å²) in [5.41, 5.74) is 4.29. The van der Waals surface area contributed by atoms with Gasteiger partial charge >= 0.3 is 6.18 Å². The van der Waals surface area contributed by atoms with Gasteiger partial charge < -0.3 is 5.73 Å². The lowest BCUT2D eigenvalue weighted by Gasteiger charge is -2.09. The third kappa shape index (κ3) is 2.74. The van der Waals surface area contributed by atoms with Gasteiger partial charge in [0.25, 0.3) is 0 Å². The van der Waals surface area contributed by atoms with Crippen molar-refractivity contribution in [2.75, 3.05) is 5.73 Å². The van der Waals surface area contributed by atoms with Gasteiger partial charge in [0, 0.05) is 11.3 Å². The SMILES string of the molecule is Nc1ccc(C(F)(F)F)c(C#CC=O)c1. The Balaban J connectivity index is 3.33. The maximum absolute atomic E-state index is 12.4. The standard InChI is InChI=1S/C10H6F3NO/c11-10(12,13)9-4-3-8(14)6-7(9)2-1-5-15/h3-6H,14H2. The Kier molecular flexibility index (Phi) is 3.00. The van der Waals surface area contributed by atoms with E-state index in [4.69, 9.17) is 5.73 Å². The number of rotatable bonds is 0. The van der Waals surface area contributed by atoms with Crippen LogP contribution >= 0.6 is 0 Å². The number of hydrogen-bond acceptors (Lipinski definition) is 2. The molecule has 0 bridgehead atoms. The average Bonchev–Trinajstić information content (AvgIpc) is 2.12. The van der Waals surface area contributed by atoms with Crippen molar-refractivity contribution in [3.8, 4) is 11.8 Å². The summed E-state index contributed by atoms with van der Waals surface area (Å²) in [6.07, 6.45) is -4.27. The molecule has 0 fully saturated rings. The minimum Gasteiger partial charge on any atom is -0.399 e. The maximum atomic E-state index is 12.4. The highest BCUT2D eigenvalue weighted by molar-refractivity contribution is 5.74. The molecule has 0 saturated heterocycles. The first-order valence-corrected chi connectivity index (χ1v) is 3.87. The van der Waals surface area contributed by atoms with Gasteiger partial charge in [-0.25, -0.2) is 0 Å². The Labute approximate surface area is 83.9 Å². The summed E-state index contributed by atoms with van der Waals surface area (Å²) >= 11 is 0. The van der Waals surface area contributed by atoms with Crippen molar-refractivity contribution < 1.29 is 18.0 Å². The van der Waals surface area contributed by atoms with Gasteiger partial charge in [-0.15, -0.1) is 0 Å². The number of hydrogen-bond donors (Lipinski definition) is 1. The fourth-order valence-corrected chi connectivity index (χ4v) is 1.02. The molecule has 0 spiro atoms. The average molecular weight is 213 g/mol. The van der Waals surface area contributed by atoms with E-state index < -0.39 is 11.7 Å². The van der Waals surface area contributed by atoms with Crippen LogP contribution in [0.15, 0.2) is 18.2 Å². The van der Waals surface area contributed by atoms with Gasteiger partial charge in [0.2, 0.25) is 0 Å². The zero-order chi connectivity index (χ0) is 11.5. The second kappa shape index (κ2) is 4.05. The molecule has 0 atom stereocenters. The van der Waals surface area contributed by atoms with Crippen LogP contribution in [0.3, 0.4) is 0 Å². The summed E-state index contributed by atoms with van der Waals surface area (Å²) < 4.78 is 37.2. The molecule has 0 unspecified atom stereocenters. The first kappa shape index (κ1) is 11.1. The van der Waals surface area contributed by atoms with E-state index in [-0.39, 0.29) is 17.5 Å². The number of anilines is 1. The molecular weight excluding hydrogens is 207 g/mol. The Hall–Kier alpha value is -1.96. The van der Waals surface area contributed by atoms with Gasteiger partial charge in [0.1, 0.15) is 0 Å². The first-order valence-electron chi connectivity index (χ1n) is 3.87. The lowest BCUT2D eigenvalue weighted by molar-refractivity contribution is -0.137. The van der Waals surface area contributed by atoms with Crippen molar-refractivity contribution in [1.29, 1.82) is 0 Å². The number of nitrogen functional groups attached to an aromatic ring is 1. The van der Waals surface area contributed by atoms with Crippen molar-refractivity contribution in [2.45, 2.75) is 6.18 Å².